The molecule has 200 valence electrons. The number of nitrogens with one attached hydrogen (secondary N) is 2. The highest BCUT2D eigenvalue weighted by molar-refractivity contribution is 8.13. The predicted molar refractivity (Wildman–Crippen MR) is 125 cm³/mol. The number of carbonyl (C=O) groups excluding carboxylic acids is 5. The minimum atomic E-state index is -1.28. The summed E-state index contributed by atoms with van der Waals surface area (Å²) < 4.78 is 14.8. The Balaban J connectivity index is 5.50. The van der Waals surface area contributed by atoms with E-state index < -0.39 is 65.0 Å². The van der Waals surface area contributed by atoms with Gasteiger partial charge in [-0.15, -0.1) is 0 Å². The van der Waals surface area contributed by atoms with Crippen LogP contribution >= 0.6 is 11.8 Å². The van der Waals surface area contributed by atoms with E-state index in [4.69, 9.17) is 25.1 Å². The summed E-state index contributed by atoms with van der Waals surface area (Å²) in [5.74, 6) is -4.04. The van der Waals surface area contributed by atoms with E-state index >= 15 is 0 Å². The number of hydrogen-bond donors (Lipinski definition) is 4. The van der Waals surface area contributed by atoms with Crippen LogP contribution in [0.15, 0.2) is 0 Å². The average molecular weight is 522 g/mol. The van der Waals surface area contributed by atoms with Crippen LogP contribution in [0.25, 0.3) is 0 Å². The monoisotopic (exact) mass is 521 g/mol. The van der Waals surface area contributed by atoms with Gasteiger partial charge in [-0.25, -0.2) is 4.79 Å². The van der Waals surface area contributed by atoms with Gasteiger partial charge in [-0.05, 0) is 52.3 Å². The molecule has 0 aliphatic rings. The smallest absolute Gasteiger partial charge is 0.367 e. The van der Waals surface area contributed by atoms with E-state index in [0.717, 1.165) is 0 Å². The molecule has 2 amide bonds. The number of thioether (sulfide) groups is 1. The van der Waals surface area contributed by atoms with Crippen LogP contribution in [0, 0.1) is 0 Å². The lowest BCUT2D eigenvalue weighted by Crippen LogP contribution is -2.49. The maximum atomic E-state index is 12.8. The highest BCUT2D eigenvalue weighted by Crippen LogP contribution is 2.23. The summed E-state index contributed by atoms with van der Waals surface area (Å²) in [6.45, 7) is 6.22. The molecule has 0 saturated heterocycles. The van der Waals surface area contributed by atoms with Crippen LogP contribution < -0.4 is 16.4 Å². The second-order valence-corrected chi connectivity index (χ2v) is 8.76. The first-order valence-electron chi connectivity index (χ1n) is 11.1. The summed E-state index contributed by atoms with van der Waals surface area (Å²) in [4.78, 5) is 71.8. The molecule has 0 saturated carbocycles. The molecule has 0 bridgehead atoms. The topological polar surface area (TPSA) is 200 Å². The number of esters is 2. The Labute approximate surface area is 208 Å². The summed E-state index contributed by atoms with van der Waals surface area (Å²) in [6.07, 6.45) is -1.32. The molecule has 0 rings (SSSR count). The van der Waals surface area contributed by atoms with Crippen molar-refractivity contribution in [1.29, 1.82) is 0 Å². The van der Waals surface area contributed by atoms with E-state index in [0.29, 0.717) is 11.8 Å². The van der Waals surface area contributed by atoms with Crippen LogP contribution in [-0.4, -0.2) is 83.3 Å². The van der Waals surface area contributed by atoms with Crippen LogP contribution in [0.2, 0.25) is 0 Å². The van der Waals surface area contributed by atoms with Gasteiger partial charge in [0.15, 0.2) is 0 Å². The number of amides is 2. The lowest BCUT2D eigenvalue weighted by Gasteiger charge is -2.23. The summed E-state index contributed by atoms with van der Waals surface area (Å²) >= 11 is 0.669. The van der Waals surface area contributed by atoms with Gasteiger partial charge in [-0.2, -0.15) is 0 Å². The molecule has 0 aromatic heterocycles. The van der Waals surface area contributed by atoms with Gasteiger partial charge in [-0.1, -0.05) is 0 Å². The van der Waals surface area contributed by atoms with Gasteiger partial charge in [-0.3, -0.25) is 24.0 Å². The Morgan fingerprint density at radius 2 is 1.63 bits per heavy atom. The molecule has 0 aliphatic carbocycles. The molecule has 0 aromatic rings. The number of nitrogens with two attached hydrogens (primary N) is 1. The average Bonchev–Trinajstić information content (AvgIpc) is 2.74. The highest BCUT2D eigenvalue weighted by atomic mass is 32.2. The molecular formula is C21H35N3O10S. The van der Waals surface area contributed by atoms with Gasteiger partial charge in [0.05, 0.1) is 25.7 Å². The Morgan fingerprint density at radius 3 is 2.17 bits per heavy atom. The fourth-order valence-electron chi connectivity index (χ4n) is 2.62. The Bertz CT molecular complexity index is 727. The molecule has 5 N–H and O–H groups in total. The summed E-state index contributed by atoms with van der Waals surface area (Å²) in [6, 6.07) is -2.54. The molecule has 0 spiro atoms. The first-order chi connectivity index (χ1) is 16.4. The molecule has 0 heterocycles. The third-order valence-electron chi connectivity index (χ3n) is 4.15. The molecule has 3 unspecified atom stereocenters. The number of rotatable bonds is 16. The lowest BCUT2D eigenvalue weighted by molar-refractivity contribution is -0.147. The van der Waals surface area contributed by atoms with Crippen molar-refractivity contribution >= 4 is 46.8 Å². The molecule has 0 aliphatic heterocycles. The molecular weight excluding hydrogens is 486 g/mol. The van der Waals surface area contributed by atoms with E-state index in [9.17, 15) is 28.8 Å². The Kier molecular flexibility index (Phi) is 16.1. The van der Waals surface area contributed by atoms with E-state index in [1.807, 2.05) is 0 Å². The largest absolute Gasteiger partial charge is 0.480 e. The van der Waals surface area contributed by atoms with Crippen molar-refractivity contribution in [2.75, 3.05) is 19.8 Å². The van der Waals surface area contributed by atoms with Gasteiger partial charge in [0.2, 0.25) is 11.8 Å². The first kappa shape index (κ1) is 32.1. The fraction of sp³-hybridized carbons (Fsp3) is 0.714. The normalized spacial score (nSPS) is 13.2. The van der Waals surface area contributed by atoms with Crippen molar-refractivity contribution in [3.63, 3.8) is 0 Å². The summed E-state index contributed by atoms with van der Waals surface area (Å²) in [5, 5.41) is 12.2. The van der Waals surface area contributed by atoms with Gasteiger partial charge in [0, 0.05) is 11.7 Å². The van der Waals surface area contributed by atoms with Crippen LogP contribution in [0.3, 0.4) is 0 Å². The van der Waals surface area contributed by atoms with E-state index in [1.165, 1.54) is 0 Å². The van der Waals surface area contributed by atoms with Crippen LogP contribution in [-0.2, 0) is 38.2 Å². The third kappa shape index (κ3) is 15.6. The molecule has 0 fully saturated rings. The molecule has 3 atom stereocenters. The van der Waals surface area contributed by atoms with Crippen LogP contribution in [0.5, 0.6) is 0 Å². The minimum Gasteiger partial charge on any atom is -0.480 e. The fourth-order valence-corrected chi connectivity index (χ4v) is 3.59. The summed E-state index contributed by atoms with van der Waals surface area (Å²) in [5.41, 5.74) is 5.41. The number of carboxylic acid groups (broad SMARTS) is 1. The first-order valence-corrected chi connectivity index (χ1v) is 12.0. The predicted octanol–water partition coefficient (Wildman–Crippen LogP) is 0.333. The number of aliphatic carboxylic acids is 1. The number of ether oxygens (including phenoxy) is 3. The van der Waals surface area contributed by atoms with E-state index in [-0.39, 0.29) is 38.9 Å². The number of carboxylic acids is 1. The number of carbonyl (C=O) groups is 6. The molecule has 0 aromatic carbocycles. The molecule has 14 heteroatoms. The zero-order valence-corrected chi connectivity index (χ0v) is 21.2. The van der Waals surface area contributed by atoms with Gasteiger partial charge in [0.25, 0.3) is 0 Å². The van der Waals surface area contributed by atoms with Crippen molar-refractivity contribution in [2.45, 2.75) is 76.8 Å². The SMILES string of the molecule is CCOC(=O)CC(CC(NC(=O)CCC(N)C(=O)O)C(=O)NCC(=O)OC(C)C)SC(=O)OCC. The van der Waals surface area contributed by atoms with E-state index in [2.05, 4.69) is 10.6 Å². The molecule has 13 nitrogen and oxygen atoms in total. The second kappa shape index (κ2) is 17.5. The zero-order chi connectivity index (χ0) is 27.0. The van der Waals surface area contributed by atoms with Crippen molar-refractivity contribution in [2.24, 2.45) is 5.73 Å². The third-order valence-corrected chi connectivity index (χ3v) is 5.15. The molecule has 0 radical (unpaired) electrons. The quantitative estimate of drug-likeness (QED) is 0.160. The van der Waals surface area contributed by atoms with Crippen LogP contribution in [0.4, 0.5) is 4.79 Å². The van der Waals surface area contributed by atoms with Gasteiger partial charge < -0.3 is 35.7 Å². The maximum Gasteiger partial charge on any atom is 0.367 e. The highest BCUT2D eigenvalue weighted by Gasteiger charge is 2.29. The van der Waals surface area contributed by atoms with Gasteiger partial charge >= 0.3 is 23.2 Å². The van der Waals surface area contributed by atoms with Crippen molar-refractivity contribution < 1.29 is 48.1 Å². The van der Waals surface area contributed by atoms with Crippen molar-refractivity contribution in [3.05, 3.63) is 0 Å². The molecule has 35 heavy (non-hydrogen) atoms. The Morgan fingerprint density at radius 1 is 1.00 bits per heavy atom. The van der Waals surface area contributed by atoms with Crippen LogP contribution in [0.1, 0.15) is 53.4 Å². The van der Waals surface area contributed by atoms with Gasteiger partial charge in [0.1, 0.15) is 18.6 Å². The van der Waals surface area contributed by atoms with Crippen molar-refractivity contribution in [1.82, 2.24) is 10.6 Å². The second-order valence-electron chi connectivity index (χ2n) is 7.53. The van der Waals surface area contributed by atoms with E-state index in [1.54, 1.807) is 27.7 Å². The lowest BCUT2D eigenvalue weighted by atomic mass is 10.1. The maximum absolute atomic E-state index is 12.8. The Hall–Kier alpha value is -2.87. The standard InChI is InChI=1S/C21H35N3O10S/c1-5-32-17(26)10-13(35-21(31)33-6-2)9-15(19(28)23-11-18(27)34-12(3)4)24-16(25)8-7-14(22)20(29)30/h12-15H,5-11,22H2,1-4H3,(H,23,28)(H,24,25)(H,29,30). The summed E-state index contributed by atoms with van der Waals surface area (Å²) in [7, 11) is 0. The number of hydrogen-bond acceptors (Lipinski definition) is 11. The minimum absolute atomic E-state index is 0.0976. The zero-order valence-electron chi connectivity index (χ0n) is 20.4. The van der Waals surface area contributed by atoms with Crippen molar-refractivity contribution in [3.8, 4) is 0 Å².